The van der Waals surface area contributed by atoms with E-state index in [9.17, 15) is 4.79 Å². The normalized spacial score (nSPS) is 10.5. The molecule has 3 aromatic carbocycles. The average molecular weight is 482 g/mol. The smallest absolute Gasteiger partial charge is 0.259 e. The van der Waals surface area contributed by atoms with Crippen LogP contribution in [0.2, 0.25) is 0 Å². The van der Waals surface area contributed by atoms with Crippen molar-refractivity contribution < 1.29 is 14.3 Å². The van der Waals surface area contributed by atoms with Crippen LogP contribution in [-0.2, 0) is 6.61 Å². The highest BCUT2D eigenvalue weighted by Gasteiger charge is 2.14. The van der Waals surface area contributed by atoms with Gasteiger partial charge in [0.2, 0.25) is 0 Å². The van der Waals surface area contributed by atoms with Gasteiger partial charge in [0.25, 0.3) is 5.91 Å². The Morgan fingerprint density at radius 3 is 2.42 bits per heavy atom. The molecular weight excluding hydrogens is 454 g/mol. The molecule has 162 valence electrons. The summed E-state index contributed by atoms with van der Waals surface area (Å²) in [7, 11) is 0. The lowest BCUT2D eigenvalue weighted by atomic mass is 10.1. The van der Waals surface area contributed by atoms with Gasteiger partial charge in [0.05, 0.1) is 12.2 Å². The maximum Gasteiger partial charge on any atom is 0.259 e. The second-order valence-corrected chi connectivity index (χ2v) is 8.22. The van der Waals surface area contributed by atoms with E-state index in [-0.39, 0.29) is 5.91 Å². The monoisotopic (exact) mass is 481 g/mol. The van der Waals surface area contributed by atoms with Crippen LogP contribution in [0.15, 0.2) is 77.3 Å². The summed E-state index contributed by atoms with van der Waals surface area (Å²) in [6, 6.07) is 22.9. The molecule has 0 radical (unpaired) electrons. The fraction of sp³-hybridized carbons (Fsp3) is 0.269. The number of amides is 1. The Bertz CT molecular complexity index is 958. The van der Waals surface area contributed by atoms with Gasteiger partial charge in [-0.2, -0.15) is 0 Å². The number of anilines is 1. The molecule has 4 nitrogen and oxygen atoms in total. The first-order valence-electron chi connectivity index (χ1n) is 10.7. The van der Waals surface area contributed by atoms with Crippen molar-refractivity contribution in [1.29, 1.82) is 0 Å². The first-order chi connectivity index (χ1) is 15.2. The van der Waals surface area contributed by atoms with E-state index in [4.69, 9.17) is 9.47 Å². The number of hydrogen-bond acceptors (Lipinski definition) is 3. The lowest BCUT2D eigenvalue weighted by molar-refractivity contribution is 0.102. The van der Waals surface area contributed by atoms with Gasteiger partial charge in [-0.1, -0.05) is 72.4 Å². The lowest BCUT2D eigenvalue weighted by Gasteiger charge is -2.13. The zero-order valence-electron chi connectivity index (χ0n) is 17.8. The number of halogens is 1. The van der Waals surface area contributed by atoms with Crippen molar-refractivity contribution in [2.24, 2.45) is 0 Å². The minimum absolute atomic E-state index is 0.206. The molecule has 0 atom stereocenters. The average Bonchev–Trinajstić information content (AvgIpc) is 2.80. The highest BCUT2D eigenvalue weighted by Crippen LogP contribution is 2.25. The summed E-state index contributed by atoms with van der Waals surface area (Å²) in [6.07, 6.45) is 4.49. The quantitative estimate of drug-likeness (QED) is 0.293. The fourth-order valence-electron chi connectivity index (χ4n) is 3.09. The molecule has 0 aliphatic rings. The van der Waals surface area contributed by atoms with Crippen LogP contribution in [0, 0.1) is 0 Å². The minimum Gasteiger partial charge on any atom is -0.493 e. The molecule has 0 bridgehead atoms. The van der Waals surface area contributed by atoms with Crippen LogP contribution in [0.1, 0.15) is 48.5 Å². The summed E-state index contributed by atoms with van der Waals surface area (Å²) in [6.45, 7) is 3.29. The van der Waals surface area contributed by atoms with Gasteiger partial charge >= 0.3 is 0 Å². The van der Waals surface area contributed by atoms with E-state index in [2.05, 4.69) is 28.2 Å². The first-order valence-corrected chi connectivity index (χ1v) is 11.5. The van der Waals surface area contributed by atoms with Crippen molar-refractivity contribution >= 4 is 27.5 Å². The SMILES string of the molecule is CCCCCCOc1ccc(Br)cc1C(=O)Nc1ccc(OCc2ccccc2)cc1. The number of benzene rings is 3. The third-order valence-electron chi connectivity index (χ3n) is 4.80. The van der Waals surface area contributed by atoms with E-state index in [1.165, 1.54) is 12.8 Å². The second-order valence-electron chi connectivity index (χ2n) is 7.30. The number of rotatable bonds is 11. The summed E-state index contributed by atoms with van der Waals surface area (Å²) in [4.78, 5) is 12.9. The number of nitrogens with one attached hydrogen (secondary N) is 1. The summed E-state index contributed by atoms with van der Waals surface area (Å²) < 4.78 is 12.5. The van der Waals surface area contributed by atoms with Gasteiger partial charge in [0, 0.05) is 10.2 Å². The van der Waals surface area contributed by atoms with Gasteiger partial charge in [-0.25, -0.2) is 0 Å². The Hall–Kier alpha value is -2.79. The predicted octanol–water partition coefficient (Wildman–Crippen LogP) is 7.24. The summed E-state index contributed by atoms with van der Waals surface area (Å²) in [5.74, 6) is 1.14. The lowest BCUT2D eigenvalue weighted by Crippen LogP contribution is -2.14. The van der Waals surface area contributed by atoms with E-state index in [0.29, 0.717) is 30.2 Å². The maximum atomic E-state index is 12.9. The molecule has 3 rings (SSSR count). The number of ether oxygens (including phenoxy) is 2. The summed E-state index contributed by atoms with van der Waals surface area (Å²) >= 11 is 3.45. The van der Waals surface area contributed by atoms with Gasteiger partial charge < -0.3 is 14.8 Å². The molecule has 0 aliphatic heterocycles. The number of hydrogen-bond donors (Lipinski definition) is 1. The van der Waals surface area contributed by atoms with E-state index in [1.54, 1.807) is 6.07 Å². The van der Waals surface area contributed by atoms with E-state index in [0.717, 1.165) is 28.6 Å². The third kappa shape index (κ3) is 7.44. The Morgan fingerprint density at radius 1 is 0.903 bits per heavy atom. The van der Waals surface area contributed by atoms with Gasteiger partial charge in [-0.05, 0) is 54.4 Å². The molecule has 0 saturated carbocycles. The standard InChI is InChI=1S/C26H28BrNO3/c1-2-3-4-8-17-30-25-16-11-21(27)18-24(25)26(29)28-22-12-14-23(15-13-22)31-19-20-9-6-5-7-10-20/h5-7,9-16,18H,2-4,8,17,19H2,1H3,(H,28,29). The van der Waals surface area contributed by atoms with Crippen molar-refractivity contribution in [3.05, 3.63) is 88.4 Å². The summed E-state index contributed by atoms with van der Waals surface area (Å²) in [5.41, 5.74) is 2.32. The fourth-order valence-corrected chi connectivity index (χ4v) is 3.45. The Labute approximate surface area is 192 Å². The first kappa shape index (κ1) is 22.9. The van der Waals surface area contributed by atoms with Crippen LogP contribution in [0.25, 0.3) is 0 Å². The third-order valence-corrected chi connectivity index (χ3v) is 5.30. The molecule has 0 fully saturated rings. The van der Waals surface area contributed by atoms with Crippen LogP contribution in [0.5, 0.6) is 11.5 Å². The molecule has 1 N–H and O–H groups in total. The largest absolute Gasteiger partial charge is 0.493 e. The van der Waals surface area contributed by atoms with Crippen LogP contribution in [0.3, 0.4) is 0 Å². The number of carbonyl (C=O) groups is 1. The van der Waals surface area contributed by atoms with Crippen LogP contribution >= 0.6 is 15.9 Å². The van der Waals surface area contributed by atoms with Gasteiger partial charge in [-0.3, -0.25) is 4.79 Å². The maximum absolute atomic E-state index is 12.9. The Morgan fingerprint density at radius 2 is 1.68 bits per heavy atom. The van der Waals surface area contributed by atoms with Crippen LogP contribution < -0.4 is 14.8 Å². The van der Waals surface area contributed by atoms with Gasteiger partial charge in [0.15, 0.2) is 0 Å². The predicted molar refractivity (Wildman–Crippen MR) is 129 cm³/mol. The number of unbranched alkanes of at least 4 members (excludes halogenated alkanes) is 3. The molecular formula is C26H28BrNO3. The highest BCUT2D eigenvalue weighted by atomic mass is 79.9. The highest BCUT2D eigenvalue weighted by molar-refractivity contribution is 9.10. The number of carbonyl (C=O) groups excluding carboxylic acids is 1. The zero-order chi connectivity index (χ0) is 21.9. The van der Waals surface area contributed by atoms with Crippen molar-refractivity contribution in [1.82, 2.24) is 0 Å². The molecule has 31 heavy (non-hydrogen) atoms. The van der Waals surface area contributed by atoms with Crippen molar-refractivity contribution in [3.8, 4) is 11.5 Å². The molecule has 0 heterocycles. The molecule has 0 saturated heterocycles. The van der Waals surface area contributed by atoms with Crippen molar-refractivity contribution in [3.63, 3.8) is 0 Å². The summed E-state index contributed by atoms with van der Waals surface area (Å²) in [5, 5.41) is 2.94. The van der Waals surface area contributed by atoms with Crippen LogP contribution in [-0.4, -0.2) is 12.5 Å². The Kier molecular flexibility index (Phi) is 8.98. The second kappa shape index (κ2) is 12.2. The van der Waals surface area contributed by atoms with Gasteiger partial charge in [0.1, 0.15) is 18.1 Å². The topological polar surface area (TPSA) is 47.6 Å². The minimum atomic E-state index is -0.206. The molecule has 5 heteroatoms. The molecule has 1 amide bonds. The molecule has 0 aliphatic carbocycles. The Balaban J connectivity index is 1.58. The van der Waals surface area contributed by atoms with Crippen LogP contribution in [0.4, 0.5) is 5.69 Å². The molecule has 0 aromatic heterocycles. The van der Waals surface area contributed by atoms with Crippen molar-refractivity contribution in [2.45, 2.75) is 39.2 Å². The van der Waals surface area contributed by atoms with Crippen molar-refractivity contribution in [2.75, 3.05) is 11.9 Å². The molecule has 0 spiro atoms. The molecule has 0 unspecified atom stereocenters. The van der Waals surface area contributed by atoms with E-state index >= 15 is 0 Å². The van der Waals surface area contributed by atoms with Gasteiger partial charge in [-0.15, -0.1) is 0 Å². The zero-order valence-corrected chi connectivity index (χ0v) is 19.4. The molecule has 3 aromatic rings. The van der Waals surface area contributed by atoms with E-state index in [1.807, 2.05) is 66.7 Å². The van der Waals surface area contributed by atoms with E-state index < -0.39 is 0 Å².